The van der Waals surface area contributed by atoms with Crippen molar-refractivity contribution in [3.05, 3.63) is 28.5 Å². The first-order chi connectivity index (χ1) is 6.59. The molecule has 0 aromatic carbocycles. The number of carbonyl (C=O) groups is 1. The van der Waals surface area contributed by atoms with Gasteiger partial charge in [0.15, 0.2) is 5.78 Å². The molecule has 14 heavy (non-hydrogen) atoms. The van der Waals surface area contributed by atoms with E-state index in [4.69, 9.17) is 11.6 Å². The van der Waals surface area contributed by atoms with Gasteiger partial charge in [-0.3, -0.25) is 4.79 Å². The highest BCUT2D eigenvalue weighted by Gasteiger charge is 2.11. The molecule has 2 aromatic heterocycles. The number of nitrogens with zero attached hydrogens (tertiary/aromatic N) is 1. The van der Waals surface area contributed by atoms with Crippen molar-refractivity contribution in [1.29, 1.82) is 0 Å². The van der Waals surface area contributed by atoms with Gasteiger partial charge in [-0.25, -0.2) is 4.98 Å². The number of H-pyrrole nitrogens is 1. The number of nitrogens with one attached hydrogen (secondary N) is 1. The quantitative estimate of drug-likeness (QED) is 0.579. The summed E-state index contributed by atoms with van der Waals surface area (Å²) in [7, 11) is 0. The van der Waals surface area contributed by atoms with Crippen molar-refractivity contribution in [3.63, 3.8) is 0 Å². The first-order valence-electron chi connectivity index (χ1n) is 4.25. The van der Waals surface area contributed by atoms with Crippen LogP contribution < -0.4 is 0 Å². The second kappa shape index (κ2) is 3.10. The van der Waals surface area contributed by atoms with Crippen LogP contribution in [0.1, 0.15) is 22.8 Å². The Kier molecular flexibility index (Phi) is 2.04. The minimum atomic E-state index is -0.00887. The summed E-state index contributed by atoms with van der Waals surface area (Å²) in [5, 5.41) is 0.414. The fraction of sp³-hybridized carbons (Fsp3) is 0.200. The molecule has 2 aromatic rings. The van der Waals surface area contributed by atoms with E-state index in [-0.39, 0.29) is 5.78 Å². The zero-order chi connectivity index (χ0) is 10.3. The van der Waals surface area contributed by atoms with Crippen molar-refractivity contribution in [2.24, 2.45) is 0 Å². The molecule has 0 fully saturated rings. The molecule has 0 radical (unpaired) electrons. The number of aromatic amines is 1. The number of ketones is 1. The largest absolute Gasteiger partial charge is 0.359 e. The van der Waals surface area contributed by atoms with E-state index in [0.29, 0.717) is 16.2 Å². The fourth-order valence-electron chi connectivity index (χ4n) is 1.49. The van der Waals surface area contributed by atoms with E-state index >= 15 is 0 Å². The maximum Gasteiger partial charge on any atom is 0.163 e. The van der Waals surface area contributed by atoms with Gasteiger partial charge in [-0.05, 0) is 25.5 Å². The van der Waals surface area contributed by atoms with Crippen molar-refractivity contribution < 1.29 is 4.79 Å². The number of carbonyl (C=O) groups excluding carboxylic acids is 1. The average Bonchev–Trinajstić information content (AvgIpc) is 2.47. The van der Waals surface area contributed by atoms with E-state index < -0.39 is 0 Å². The van der Waals surface area contributed by atoms with E-state index in [9.17, 15) is 4.79 Å². The van der Waals surface area contributed by atoms with Crippen LogP contribution in [0.15, 0.2) is 12.3 Å². The second-order valence-electron chi connectivity index (χ2n) is 3.24. The van der Waals surface area contributed by atoms with Crippen LogP contribution in [0.5, 0.6) is 0 Å². The van der Waals surface area contributed by atoms with Gasteiger partial charge in [0.05, 0.1) is 11.1 Å². The Bertz CT molecular complexity index is 516. The monoisotopic (exact) mass is 208 g/mol. The van der Waals surface area contributed by atoms with Gasteiger partial charge in [-0.1, -0.05) is 11.6 Å². The molecule has 0 saturated carbocycles. The lowest BCUT2D eigenvalue weighted by atomic mass is 10.2. The lowest BCUT2D eigenvalue weighted by Crippen LogP contribution is -1.91. The Morgan fingerprint density at radius 1 is 1.57 bits per heavy atom. The van der Waals surface area contributed by atoms with Crippen LogP contribution in [0.25, 0.3) is 11.0 Å². The highest BCUT2D eigenvalue weighted by Crippen LogP contribution is 2.22. The first-order valence-corrected chi connectivity index (χ1v) is 4.62. The third kappa shape index (κ3) is 1.30. The molecule has 0 spiro atoms. The molecule has 1 N–H and O–H groups in total. The molecule has 0 aliphatic rings. The molecule has 0 amide bonds. The van der Waals surface area contributed by atoms with E-state index in [1.807, 2.05) is 6.92 Å². The number of hydrogen-bond acceptors (Lipinski definition) is 2. The summed E-state index contributed by atoms with van der Waals surface area (Å²) in [6.07, 6.45) is 1.67. The number of halogens is 1. The zero-order valence-electron chi connectivity index (χ0n) is 7.89. The average molecular weight is 209 g/mol. The van der Waals surface area contributed by atoms with E-state index in [1.54, 1.807) is 12.3 Å². The van der Waals surface area contributed by atoms with Crippen molar-refractivity contribution in [2.75, 3.05) is 0 Å². The summed E-state index contributed by atoms with van der Waals surface area (Å²) in [5.41, 5.74) is 3.11. The van der Waals surface area contributed by atoms with Crippen LogP contribution in [0.3, 0.4) is 0 Å². The number of aryl methyl sites for hydroxylation is 1. The van der Waals surface area contributed by atoms with Gasteiger partial charge >= 0.3 is 0 Å². The standard InChI is InChI=1S/C10H9ClN2O/c1-5-3-8(11)13-10-7(6(2)14)4-12-9(5)10/h3-4,12H,1-2H3. The molecule has 0 aliphatic heterocycles. The molecule has 0 saturated heterocycles. The summed E-state index contributed by atoms with van der Waals surface area (Å²) < 4.78 is 0. The predicted molar refractivity (Wildman–Crippen MR) is 55.8 cm³/mol. The minimum absolute atomic E-state index is 0.00887. The van der Waals surface area contributed by atoms with Gasteiger partial charge in [0.1, 0.15) is 10.7 Å². The van der Waals surface area contributed by atoms with Crippen LogP contribution in [-0.4, -0.2) is 15.8 Å². The Hall–Kier alpha value is -1.35. The van der Waals surface area contributed by atoms with Crippen molar-refractivity contribution >= 4 is 28.4 Å². The molecule has 2 heterocycles. The number of rotatable bonds is 1. The lowest BCUT2D eigenvalue weighted by Gasteiger charge is -1.97. The van der Waals surface area contributed by atoms with Crippen LogP contribution in [0.2, 0.25) is 5.15 Å². The van der Waals surface area contributed by atoms with E-state index in [0.717, 1.165) is 11.1 Å². The number of Topliss-reactive ketones (excluding diaryl/α,β-unsaturated/α-hetero) is 1. The summed E-state index contributed by atoms with van der Waals surface area (Å²) in [5.74, 6) is -0.00887. The Morgan fingerprint density at radius 3 is 2.93 bits per heavy atom. The van der Waals surface area contributed by atoms with Crippen LogP contribution in [0.4, 0.5) is 0 Å². The number of aromatic nitrogens is 2. The molecular formula is C10H9ClN2O. The smallest absolute Gasteiger partial charge is 0.163 e. The number of pyridine rings is 1. The minimum Gasteiger partial charge on any atom is -0.359 e. The summed E-state index contributed by atoms with van der Waals surface area (Å²) >= 11 is 5.82. The van der Waals surface area contributed by atoms with Crippen LogP contribution in [-0.2, 0) is 0 Å². The molecule has 4 heteroatoms. The Labute approximate surface area is 86.1 Å². The Morgan fingerprint density at radius 2 is 2.29 bits per heavy atom. The molecule has 0 bridgehead atoms. The highest BCUT2D eigenvalue weighted by molar-refractivity contribution is 6.30. The molecule has 0 unspecified atom stereocenters. The molecular weight excluding hydrogens is 200 g/mol. The lowest BCUT2D eigenvalue weighted by molar-refractivity contribution is 0.101. The summed E-state index contributed by atoms with van der Waals surface area (Å²) in [6.45, 7) is 3.44. The maximum absolute atomic E-state index is 11.2. The molecule has 0 aliphatic carbocycles. The third-order valence-corrected chi connectivity index (χ3v) is 2.37. The SMILES string of the molecule is CC(=O)c1c[nH]c2c(C)cc(Cl)nc12. The van der Waals surface area contributed by atoms with Gasteiger partial charge in [-0.2, -0.15) is 0 Å². The normalized spacial score (nSPS) is 10.8. The molecule has 0 atom stereocenters. The maximum atomic E-state index is 11.2. The van der Waals surface area contributed by atoms with E-state index in [2.05, 4.69) is 9.97 Å². The molecule has 3 nitrogen and oxygen atoms in total. The predicted octanol–water partition coefficient (Wildman–Crippen LogP) is 2.73. The summed E-state index contributed by atoms with van der Waals surface area (Å²) in [4.78, 5) is 18.4. The topological polar surface area (TPSA) is 45.8 Å². The highest BCUT2D eigenvalue weighted by atomic mass is 35.5. The fourth-order valence-corrected chi connectivity index (χ4v) is 1.74. The third-order valence-electron chi connectivity index (χ3n) is 2.18. The summed E-state index contributed by atoms with van der Waals surface area (Å²) in [6, 6.07) is 1.77. The second-order valence-corrected chi connectivity index (χ2v) is 3.63. The number of fused-ring (bicyclic) bond motifs is 1. The first kappa shape index (κ1) is 9.21. The van der Waals surface area contributed by atoms with Crippen LogP contribution in [0, 0.1) is 6.92 Å². The van der Waals surface area contributed by atoms with Crippen molar-refractivity contribution in [3.8, 4) is 0 Å². The van der Waals surface area contributed by atoms with Crippen LogP contribution >= 0.6 is 11.6 Å². The van der Waals surface area contributed by atoms with Gasteiger partial charge < -0.3 is 4.98 Å². The van der Waals surface area contributed by atoms with Gasteiger partial charge in [0.25, 0.3) is 0 Å². The molecule has 72 valence electrons. The Balaban J connectivity index is 2.85. The van der Waals surface area contributed by atoms with E-state index in [1.165, 1.54) is 6.92 Å². The van der Waals surface area contributed by atoms with Gasteiger partial charge in [-0.15, -0.1) is 0 Å². The van der Waals surface area contributed by atoms with Gasteiger partial charge in [0, 0.05) is 6.20 Å². The zero-order valence-corrected chi connectivity index (χ0v) is 8.64. The molecule has 2 rings (SSSR count). The van der Waals surface area contributed by atoms with Gasteiger partial charge in [0.2, 0.25) is 0 Å². The van der Waals surface area contributed by atoms with Crippen molar-refractivity contribution in [2.45, 2.75) is 13.8 Å². The van der Waals surface area contributed by atoms with Crippen molar-refractivity contribution in [1.82, 2.24) is 9.97 Å². The number of hydrogen-bond donors (Lipinski definition) is 1.